The van der Waals surface area contributed by atoms with Crippen LogP contribution in [0.15, 0.2) is 27.6 Å². The van der Waals surface area contributed by atoms with Crippen molar-refractivity contribution in [3.63, 3.8) is 0 Å². The molecule has 1 aliphatic heterocycles. The van der Waals surface area contributed by atoms with E-state index in [0.717, 1.165) is 17.3 Å². The van der Waals surface area contributed by atoms with E-state index in [0.29, 0.717) is 25.9 Å². The molecular formula is C15H18BrClN2O3S. The highest BCUT2D eigenvalue weighted by atomic mass is 79.9. The first-order valence-corrected chi connectivity index (χ1v) is 10.3. The molecule has 0 aromatic heterocycles. The van der Waals surface area contributed by atoms with Gasteiger partial charge in [-0.25, -0.2) is 13.1 Å². The van der Waals surface area contributed by atoms with E-state index >= 15 is 0 Å². The molecule has 1 amide bonds. The molecule has 2 fully saturated rings. The van der Waals surface area contributed by atoms with Crippen molar-refractivity contribution in [3.8, 4) is 0 Å². The minimum atomic E-state index is -3.66. The van der Waals surface area contributed by atoms with Gasteiger partial charge in [-0.05, 0) is 43.9 Å². The van der Waals surface area contributed by atoms with Crippen LogP contribution in [0.2, 0.25) is 5.02 Å². The average molecular weight is 422 g/mol. The second kappa shape index (κ2) is 6.70. The Labute approximate surface area is 149 Å². The lowest BCUT2D eigenvalue weighted by Crippen LogP contribution is -2.46. The highest BCUT2D eigenvalue weighted by molar-refractivity contribution is 9.10. The average Bonchev–Trinajstić information content (AvgIpc) is 3.31. The smallest absolute Gasteiger partial charge is 0.242 e. The zero-order valence-electron chi connectivity index (χ0n) is 12.5. The Balaban J connectivity index is 1.62. The van der Waals surface area contributed by atoms with Crippen molar-refractivity contribution in [2.75, 3.05) is 13.1 Å². The van der Waals surface area contributed by atoms with Crippen molar-refractivity contribution >= 4 is 43.5 Å². The first-order valence-electron chi connectivity index (χ1n) is 7.63. The normalized spacial score (nSPS) is 19.8. The summed E-state index contributed by atoms with van der Waals surface area (Å²) in [4.78, 5) is 14.0. The fraction of sp³-hybridized carbons (Fsp3) is 0.533. The molecule has 1 aliphatic carbocycles. The standard InChI is InChI=1S/C15H18BrClN2O3S/c16-11-3-4-14(13(17)9-11)23(21,22)18-12-5-7-19(8-6-12)15(20)10-1-2-10/h3-4,9-10,12,18H,1-2,5-8H2. The van der Waals surface area contributed by atoms with Crippen LogP contribution in [0.1, 0.15) is 25.7 Å². The molecule has 2 aliphatic rings. The number of amides is 1. The van der Waals surface area contributed by atoms with Crippen LogP contribution in [-0.2, 0) is 14.8 Å². The highest BCUT2D eigenvalue weighted by Crippen LogP contribution is 2.32. The van der Waals surface area contributed by atoms with Crippen LogP contribution in [0.3, 0.4) is 0 Å². The summed E-state index contributed by atoms with van der Waals surface area (Å²) in [6.45, 7) is 1.22. The van der Waals surface area contributed by atoms with Crippen molar-refractivity contribution in [2.24, 2.45) is 5.92 Å². The lowest BCUT2D eigenvalue weighted by atomic mass is 10.1. The van der Waals surface area contributed by atoms with Gasteiger partial charge in [0.25, 0.3) is 0 Å². The largest absolute Gasteiger partial charge is 0.342 e. The van der Waals surface area contributed by atoms with E-state index in [1.54, 1.807) is 12.1 Å². The third kappa shape index (κ3) is 4.07. The number of nitrogens with one attached hydrogen (secondary N) is 1. The first-order chi connectivity index (χ1) is 10.9. The number of sulfonamides is 1. The van der Waals surface area contributed by atoms with E-state index in [1.165, 1.54) is 6.07 Å². The third-order valence-corrected chi connectivity index (χ3v) is 6.74. The summed E-state index contributed by atoms with van der Waals surface area (Å²) in [5.41, 5.74) is 0. The van der Waals surface area contributed by atoms with E-state index in [-0.39, 0.29) is 27.8 Å². The summed E-state index contributed by atoms with van der Waals surface area (Å²) in [5, 5.41) is 0.188. The van der Waals surface area contributed by atoms with Gasteiger partial charge in [0.15, 0.2) is 0 Å². The van der Waals surface area contributed by atoms with E-state index in [1.807, 2.05) is 4.90 Å². The Morgan fingerprint density at radius 1 is 1.22 bits per heavy atom. The molecule has 1 N–H and O–H groups in total. The van der Waals surface area contributed by atoms with Crippen molar-refractivity contribution < 1.29 is 13.2 Å². The quantitative estimate of drug-likeness (QED) is 0.813. The summed E-state index contributed by atoms with van der Waals surface area (Å²) in [7, 11) is -3.66. The Kier molecular flexibility index (Phi) is 5.01. The number of rotatable bonds is 4. The predicted molar refractivity (Wildman–Crippen MR) is 91.8 cm³/mol. The molecule has 1 aromatic carbocycles. The molecule has 0 radical (unpaired) electrons. The van der Waals surface area contributed by atoms with Gasteiger partial charge in [0, 0.05) is 29.5 Å². The van der Waals surface area contributed by atoms with Gasteiger partial charge in [-0.15, -0.1) is 0 Å². The van der Waals surface area contributed by atoms with Crippen molar-refractivity contribution in [1.29, 1.82) is 0 Å². The zero-order valence-corrected chi connectivity index (χ0v) is 15.6. The number of carbonyl (C=O) groups is 1. The topological polar surface area (TPSA) is 66.5 Å². The molecule has 0 unspecified atom stereocenters. The van der Waals surface area contributed by atoms with Crippen LogP contribution in [-0.4, -0.2) is 38.4 Å². The van der Waals surface area contributed by atoms with E-state index in [4.69, 9.17) is 11.6 Å². The van der Waals surface area contributed by atoms with Gasteiger partial charge in [-0.1, -0.05) is 27.5 Å². The van der Waals surface area contributed by atoms with Gasteiger partial charge < -0.3 is 4.90 Å². The summed E-state index contributed by atoms with van der Waals surface area (Å²) in [5.74, 6) is 0.437. The number of hydrogen-bond acceptors (Lipinski definition) is 3. The van der Waals surface area contributed by atoms with Crippen molar-refractivity contribution in [3.05, 3.63) is 27.7 Å². The monoisotopic (exact) mass is 420 g/mol. The predicted octanol–water partition coefficient (Wildman–Crippen LogP) is 2.78. The number of hydrogen-bond donors (Lipinski definition) is 1. The van der Waals surface area contributed by atoms with Crippen LogP contribution in [0.25, 0.3) is 0 Å². The van der Waals surface area contributed by atoms with Gasteiger partial charge in [-0.2, -0.15) is 0 Å². The lowest BCUT2D eigenvalue weighted by molar-refractivity contribution is -0.133. The van der Waals surface area contributed by atoms with Crippen LogP contribution >= 0.6 is 27.5 Å². The first kappa shape index (κ1) is 17.2. The molecule has 1 saturated carbocycles. The Morgan fingerprint density at radius 2 is 1.87 bits per heavy atom. The molecule has 1 saturated heterocycles. The summed E-state index contributed by atoms with van der Waals surface area (Å²) in [6.07, 6.45) is 3.25. The Hall–Kier alpha value is -0.630. The molecule has 1 heterocycles. The number of piperidine rings is 1. The maximum Gasteiger partial charge on any atom is 0.242 e. The Bertz CT molecular complexity index is 713. The lowest BCUT2D eigenvalue weighted by Gasteiger charge is -2.32. The number of carbonyl (C=O) groups excluding carboxylic acids is 1. The summed E-state index contributed by atoms with van der Waals surface area (Å²) >= 11 is 9.30. The minimum absolute atomic E-state index is 0.0823. The van der Waals surface area contributed by atoms with Gasteiger partial charge in [-0.3, -0.25) is 4.79 Å². The van der Waals surface area contributed by atoms with Gasteiger partial charge in [0.05, 0.1) is 5.02 Å². The molecule has 23 heavy (non-hydrogen) atoms. The highest BCUT2D eigenvalue weighted by Gasteiger charge is 2.35. The molecule has 0 atom stereocenters. The second-order valence-electron chi connectivity index (χ2n) is 6.07. The number of halogens is 2. The zero-order chi connectivity index (χ0) is 16.6. The number of likely N-dealkylation sites (tertiary alicyclic amines) is 1. The number of nitrogens with zero attached hydrogens (tertiary/aromatic N) is 1. The SMILES string of the molecule is O=C(C1CC1)N1CCC(NS(=O)(=O)c2ccc(Br)cc2Cl)CC1. The minimum Gasteiger partial charge on any atom is -0.342 e. The van der Waals surface area contributed by atoms with E-state index in [2.05, 4.69) is 20.7 Å². The van der Waals surface area contributed by atoms with Crippen LogP contribution in [0.4, 0.5) is 0 Å². The molecule has 1 aromatic rings. The Morgan fingerprint density at radius 3 is 2.43 bits per heavy atom. The number of benzene rings is 1. The maximum absolute atomic E-state index is 12.5. The molecule has 3 rings (SSSR count). The fourth-order valence-electron chi connectivity index (χ4n) is 2.78. The van der Waals surface area contributed by atoms with E-state index < -0.39 is 10.0 Å². The van der Waals surface area contributed by atoms with Crippen molar-refractivity contribution in [1.82, 2.24) is 9.62 Å². The van der Waals surface area contributed by atoms with Gasteiger partial charge in [0.2, 0.25) is 15.9 Å². The maximum atomic E-state index is 12.5. The van der Waals surface area contributed by atoms with Crippen LogP contribution < -0.4 is 4.72 Å². The second-order valence-corrected chi connectivity index (χ2v) is 9.08. The molecule has 5 nitrogen and oxygen atoms in total. The molecule has 0 spiro atoms. The molecule has 0 bridgehead atoms. The van der Waals surface area contributed by atoms with Crippen LogP contribution in [0.5, 0.6) is 0 Å². The molecular weight excluding hydrogens is 404 g/mol. The summed E-state index contributed by atoms with van der Waals surface area (Å²) < 4.78 is 28.4. The fourth-order valence-corrected chi connectivity index (χ4v) is 5.12. The van der Waals surface area contributed by atoms with Crippen LogP contribution in [0, 0.1) is 5.92 Å². The third-order valence-electron chi connectivity index (χ3n) is 4.24. The van der Waals surface area contributed by atoms with Gasteiger partial charge in [0.1, 0.15) is 4.90 Å². The molecule has 8 heteroatoms. The summed E-state index contributed by atoms with van der Waals surface area (Å²) in [6, 6.07) is 4.54. The van der Waals surface area contributed by atoms with Crippen molar-refractivity contribution in [2.45, 2.75) is 36.6 Å². The molecule has 126 valence electrons. The van der Waals surface area contributed by atoms with E-state index in [9.17, 15) is 13.2 Å². The van der Waals surface area contributed by atoms with Gasteiger partial charge >= 0.3 is 0 Å².